The summed E-state index contributed by atoms with van der Waals surface area (Å²) in [5, 5.41) is 15.7. The number of halogens is 2. The van der Waals surface area contributed by atoms with Gasteiger partial charge in [0.2, 0.25) is 5.95 Å². The van der Waals surface area contributed by atoms with Gasteiger partial charge in [0.15, 0.2) is 0 Å². The molecule has 0 spiro atoms. The van der Waals surface area contributed by atoms with Crippen LogP contribution in [0.4, 0.5) is 27.4 Å². The Balaban J connectivity index is 1.65. The summed E-state index contributed by atoms with van der Waals surface area (Å²) in [6.45, 7) is 1.39. The van der Waals surface area contributed by atoms with Gasteiger partial charge in [-0.25, -0.2) is 14.4 Å². The van der Waals surface area contributed by atoms with Crippen LogP contribution in [0.5, 0.6) is 0 Å². The quantitative estimate of drug-likeness (QED) is 0.266. The first-order chi connectivity index (χ1) is 16.2. The Bertz CT molecular complexity index is 1360. The molecule has 0 amide bonds. The zero-order valence-corrected chi connectivity index (χ0v) is 19.6. The Morgan fingerprint density at radius 2 is 2.00 bits per heavy atom. The Morgan fingerprint density at radius 3 is 2.74 bits per heavy atom. The molecule has 0 saturated heterocycles. The third-order valence-electron chi connectivity index (χ3n) is 5.39. The van der Waals surface area contributed by atoms with Crippen molar-refractivity contribution in [1.82, 2.24) is 19.9 Å². The number of likely N-dealkylation sites (N-methyl/N-ethyl adjacent to an activating group) is 2. The van der Waals surface area contributed by atoms with Gasteiger partial charge >= 0.3 is 0 Å². The SMILES string of the molecule is CN(C)CCN(C)c1ccc(Nc2ncc(Cl)c(-c3c[nH]c4c(F)cccc34)n2)cc1[N+](=O)[O-]. The monoisotopic (exact) mass is 483 g/mol. The fraction of sp³-hybridized carbons (Fsp3) is 0.217. The van der Waals surface area contributed by atoms with Crippen molar-refractivity contribution >= 4 is 45.5 Å². The fourth-order valence-corrected chi connectivity index (χ4v) is 3.79. The lowest BCUT2D eigenvalue weighted by Gasteiger charge is -2.21. The van der Waals surface area contributed by atoms with Crippen LogP contribution < -0.4 is 10.2 Å². The van der Waals surface area contributed by atoms with Crippen LogP contribution in [0.3, 0.4) is 0 Å². The smallest absolute Gasteiger partial charge is 0.294 e. The molecule has 0 aliphatic heterocycles. The van der Waals surface area contributed by atoms with E-state index >= 15 is 0 Å². The Labute approximate surface area is 200 Å². The normalized spacial score (nSPS) is 11.2. The van der Waals surface area contributed by atoms with Crippen LogP contribution in [0.2, 0.25) is 5.02 Å². The molecule has 2 aromatic heterocycles. The molecule has 2 aromatic carbocycles. The number of nitro benzene ring substituents is 1. The van der Waals surface area contributed by atoms with E-state index in [0.29, 0.717) is 45.1 Å². The standard InChI is InChI=1S/C23H23ClFN7O2/c1-30(2)9-10-31(3)19-8-7-14(11-20(19)32(33)34)28-23-27-13-17(24)21(29-23)16-12-26-22-15(16)5-4-6-18(22)25/h4-8,11-13,26H,9-10H2,1-3H3,(H,27,28,29). The van der Waals surface area contributed by atoms with E-state index in [2.05, 4.69) is 20.3 Å². The molecular weight excluding hydrogens is 461 g/mol. The second-order valence-corrected chi connectivity index (χ2v) is 8.47. The number of rotatable bonds is 8. The Hall–Kier alpha value is -3.76. The summed E-state index contributed by atoms with van der Waals surface area (Å²) >= 11 is 6.35. The molecule has 0 fully saturated rings. The highest BCUT2D eigenvalue weighted by atomic mass is 35.5. The van der Waals surface area contributed by atoms with Crippen LogP contribution in [0.25, 0.3) is 22.2 Å². The van der Waals surface area contributed by atoms with Crippen molar-refractivity contribution in [2.75, 3.05) is 44.4 Å². The minimum absolute atomic E-state index is 0.0347. The highest BCUT2D eigenvalue weighted by Crippen LogP contribution is 2.35. The molecule has 9 nitrogen and oxygen atoms in total. The first-order valence-corrected chi connectivity index (χ1v) is 10.8. The summed E-state index contributed by atoms with van der Waals surface area (Å²) in [6, 6.07) is 9.61. The first-order valence-electron chi connectivity index (χ1n) is 10.4. The van der Waals surface area contributed by atoms with Crippen molar-refractivity contribution in [3.63, 3.8) is 0 Å². The van der Waals surface area contributed by atoms with Crippen molar-refractivity contribution in [2.24, 2.45) is 0 Å². The highest BCUT2D eigenvalue weighted by molar-refractivity contribution is 6.33. The number of nitrogens with one attached hydrogen (secondary N) is 2. The van der Waals surface area contributed by atoms with Crippen LogP contribution in [-0.4, -0.2) is 59.0 Å². The summed E-state index contributed by atoms with van der Waals surface area (Å²) in [5.41, 5.74) is 2.31. The average molecular weight is 484 g/mol. The molecule has 0 unspecified atom stereocenters. The molecule has 34 heavy (non-hydrogen) atoms. The zero-order chi connectivity index (χ0) is 24.4. The van der Waals surface area contributed by atoms with Crippen LogP contribution in [-0.2, 0) is 0 Å². The van der Waals surface area contributed by atoms with Crippen LogP contribution in [0.15, 0.2) is 48.8 Å². The predicted octanol–water partition coefficient (Wildman–Crippen LogP) is 5.07. The lowest BCUT2D eigenvalue weighted by Crippen LogP contribution is -2.28. The second-order valence-electron chi connectivity index (χ2n) is 8.07. The molecule has 2 heterocycles. The van der Waals surface area contributed by atoms with Crippen molar-refractivity contribution in [3.05, 3.63) is 69.7 Å². The molecule has 0 atom stereocenters. The molecule has 0 saturated carbocycles. The number of hydrogen-bond acceptors (Lipinski definition) is 7. The lowest BCUT2D eigenvalue weighted by atomic mass is 10.1. The van der Waals surface area contributed by atoms with Crippen molar-refractivity contribution in [3.8, 4) is 11.3 Å². The average Bonchev–Trinajstić information content (AvgIpc) is 3.24. The van der Waals surface area contributed by atoms with Crippen LogP contribution in [0, 0.1) is 15.9 Å². The molecule has 0 bridgehead atoms. The number of aromatic amines is 1. The van der Waals surface area contributed by atoms with E-state index in [9.17, 15) is 14.5 Å². The van der Waals surface area contributed by atoms with Gasteiger partial charge in [-0.15, -0.1) is 0 Å². The van der Waals surface area contributed by atoms with E-state index in [0.717, 1.165) is 6.54 Å². The molecule has 11 heteroatoms. The number of fused-ring (bicyclic) bond motifs is 1. The van der Waals surface area contributed by atoms with Gasteiger partial charge in [0.1, 0.15) is 11.5 Å². The minimum atomic E-state index is -0.415. The van der Waals surface area contributed by atoms with Crippen molar-refractivity contribution < 1.29 is 9.31 Å². The number of benzene rings is 2. The number of nitrogens with zero attached hydrogens (tertiary/aromatic N) is 5. The van der Waals surface area contributed by atoms with Gasteiger partial charge < -0.3 is 20.1 Å². The summed E-state index contributed by atoms with van der Waals surface area (Å²) in [5.74, 6) is -0.177. The van der Waals surface area contributed by atoms with E-state index < -0.39 is 4.92 Å². The van der Waals surface area contributed by atoms with E-state index in [4.69, 9.17) is 11.6 Å². The van der Waals surface area contributed by atoms with Crippen molar-refractivity contribution in [1.29, 1.82) is 0 Å². The maximum absolute atomic E-state index is 14.1. The largest absolute Gasteiger partial charge is 0.368 e. The van der Waals surface area contributed by atoms with Gasteiger partial charge in [-0.1, -0.05) is 23.7 Å². The molecule has 4 aromatic rings. The minimum Gasteiger partial charge on any atom is -0.368 e. The Morgan fingerprint density at radius 1 is 1.21 bits per heavy atom. The second kappa shape index (κ2) is 9.62. The van der Waals surface area contributed by atoms with E-state index in [1.165, 1.54) is 18.3 Å². The number of para-hydroxylation sites is 1. The summed E-state index contributed by atoms with van der Waals surface area (Å²) in [4.78, 5) is 26.8. The van der Waals surface area contributed by atoms with E-state index in [-0.39, 0.29) is 17.5 Å². The van der Waals surface area contributed by atoms with Crippen LogP contribution in [0.1, 0.15) is 0 Å². The van der Waals surface area contributed by atoms with E-state index in [1.807, 2.05) is 30.9 Å². The van der Waals surface area contributed by atoms with Gasteiger partial charge in [0.25, 0.3) is 5.69 Å². The van der Waals surface area contributed by atoms with Gasteiger partial charge in [0, 0.05) is 49.0 Å². The van der Waals surface area contributed by atoms with Gasteiger partial charge in [0.05, 0.1) is 27.4 Å². The predicted molar refractivity (Wildman–Crippen MR) is 132 cm³/mol. The fourth-order valence-electron chi connectivity index (χ4n) is 3.60. The summed E-state index contributed by atoms with van der Waals surface area (Å²) in [7, 11) is 5.71. The van der Waals surface area contributed by atoms with Crippen LogP contribution >= 0.6 is 11.6 Å². The number of aromatic nitrogens is 3. The molecule has 0 radical (unpaired) electrons. The van der Waals surface area contributed by atoms with Crippen molar-refractivity contribution in [2.45, 2.75) is 0 Å². The number of nitro groups is 1. The third kappa shape index (κ3) is 4.78. The molecule has 0 aliphatic rings. The summed E-state index contributed by atoms with van der Waals surface area (Å²) < 4.78 is 14.1. The van der Waals surface area contributed by atoms with Gasteiger partial charge in [-0.05, 0) is 32.3 Å². The van der Waals surface area contributed by atoms with Gasteiger partial charge in [-0.2, -0.15) is 0 Å². The molecule has 0 aliphatic carbocycles. The topological polar surface area (TPSA) is 103 Å². The van der Waals surface area contributed by atoms with Gasteiger partial charge in [-0.3, -0.25) is 10.1 Å². The molecular formula is C23H23ClFN7O2. The highest BCUT2D eigenvalue weighted by Gasteiger charge is 2.19. The zero-order valence-electron chi connectivity index (χ0n) is 18.8. The number of hydrogen-bond donors (Lipinski definition) is 2. The summed E-state index contributed by atoms with van der Waals surface area (Å²) in [6.07, 6.45) is 3.07. The first kappa shape index (κ1) is 23.4. The molecule has 2 N–H and O–H groups in total. The Kier molecular flexibility index (Phi) is 6.62. The third-order valence-corrected chi connectivity index (χ3v) is 5.66. The number of anilines is 3. The molecule has 4 rings (SSSR count). The molecule has 176 valence electrons. The number of H-pyrrole nitrogens is 1. The maximum Gasteiger partial charge on any atom is 0.294 e. The maximum atomic E-state index is 14.1. The lowest BCUT2D eigenvalue weighted by molar-refractivity contribution is -0.384. The van der Waals surface area contributed by atoms with E-state index in [1.54, 1.807) is 30.5 Å².